The lowest BCUT2D eigenvalue weighted by Crippen LogP contribution is -2.23. The Kier molecular flexibility index (Phi) is 6.12. The van der Waals surface area contributed by atoms with Crippen molar-refractivity contribution in [1.82, 2.24) is 9.55 Å². The molecule has 0 saturated carbocycles. The van der Waals surface area contributed by atoms with E-state index in [9.17, 15) is 14.0 Å². The van der Waals surface area contributed by atoms with Crippen molar-refractivity contribution >= 4 is 50.7 Å². The summed E-state index contributed by atoms with van der Waals surface area (Å²) in [4.78, 5) is 33.3. The number of thiophene rings is 1. The van der Waals surface area contributed by atoms with E-state index in [-0.39, 0.29) is 22.9 Å². The molecule has 1 aliphatic carbocycles. The SMILES string of the molecule is CC1CCc2c(sc3nc(SCC(=O)c4ccc(F)cc4)n(-c4ccc(Cl)cc4)c(=O)c23)C1. The molecule has 1 unspecified atom stereocenters. The maximum atomic E-state index is 13.8. The lowest BCUT2D eigenvalue weighted by molar-refractivity contribution is 0.102. The molecule has 0 N–H and O–H groups in total. The number of hydrogen-bond donors (Lipinski definition) is 0. The molecule has 5 rings (SSSR count). The van der Waals surface area contributed by atoms with Gasteiger partial charge in [0.15, 0.2) is 10.9 Å². The number of hydrogen-bond acceptors (Lipinski definition) is 5. The Morgan fingerprint density at radius 2 is 1.94 bits per heavy atom. The van der Waals surface area contributed by atoms with Crippen LogP contribution in [0.25, 0.3) is 15.9 Å². The number of thioether (sulfide) groups is 1. The number of Topliss-reactive ketones (excluding diaryl/α,β-unsaturated/α-hetero) is 1. The Labute approximate surface area is 203 Å². The van der Waals surface area contributed by atoms with E-state index < -0.39 is 0 Å². The zero-order valence-corrected chi connectivity index (χ0v) is 20.2. The molecule has 1 aliphatic rings. The third-order valence-corrected chi connectivity index (χ3v) is 8.22. The maximum absolute atomic E-state index is 13.8. The smallest absolute Gasteiger partial charge is 0.267 e. The van der Waals surface area contributed by atoms with Crippen LogP contribution in [-0.4, -0.2) is 21.1 Å². The summed E-state index contributed by atoms with van der Waals surface area (Å²) < 4.78 is 14.8. The molecule has 0 spiro atoms. The number of ketones is 1. The van der Waals surface area contributed by atoms with Crippen molar-refractivity contribution in [3.63, 3.8) is 0 Å². The van der Waals surface area contributed by atoms with Crippen LogP contribution in [0, 0.1) is 11.7 Å². The molecule has 0 amide bonds. The van der Waals surface area contributed by atoms with Gasteiger partial charge < -0.3 is 0 Å². The number of aromatic nitrogens is 2. The Morgan fingerprint density at radius 3 is 2.67 bits per heavy atom. The first-order valence-corrected chi connectivity index (χ1v) is 12.8. The van der Waals surface area contributed by atoms with Gasteiger partial charge in [-0.05, 0) is 79.3 Å². The highest BCUT2D eigenvalue weighted by atomic mass is 35.5. The Bertz CT molecular complexity index is 1410. The van der Waals surface area contributed by atoms with Crippen molar-refractivity contribution < 1.29 is 9.18 Å². The summed E-state index contributed by atoms with van der Waals surface area (Å²) in [5.41, 5.74) is 2.07. The second-order valence-electron chi connectivity index (χ2n) is 8.26. The number of nitrogens with zero attached hydrogens (tertiary/aromatic N) is 2. The summed E-state index contributed by atoms with van der Waals surface area (Å²) in [6.45, 7) is 2.23. The normalized spacial score (nSPS) is 15.5. The van der Waals surface area contributed by atoms with Crippen LogP contribution in [0.1, 0.15) is 34.1 Å². The number of halogens is 2. The molecule has 0 saturated heterocycles. The van der Waals surface area contributed by atoms with Crippen LogP contribution < -0.4 is 5.56 Å². The van der Waals surface area contributed by atoms with E-state index in [0.29, 0.717) is 32.7 Å². The predicted octanol–water partition coefficient (Wildman–Crippen LogP) is 6.34. The second kappa shape index (κ2) is 9.05. The Hall–Kier alpha value is -2.48. The molecule has 0 radical (unpaired) electrons. The van der Waals surface area contributed by atoms with Crippen LogP contribution in [-0.2, 0) is 12.8 Å². The van der Waals surface area contributed by atoms with E-state index in [4.69, 9.17) is 16.6 Å². The molecule has 4 nitrogen and oxygen atoms in total. The minimum atomic E-state index is -0.390. The highest BCUT2D eigenvalue weighted by Crippen LogP contribution is 2.37. The fourth-order valence-corrected chi connectivity index (χ4v) is 6.59. The standard InChI is InChI=1S/C25H20ClFN2O2S2/c1-14-2-11-19-21(12-14)33-23-22(19)24(31)29(18-9-5-16(26)6-10-18)25(28-23)32-13-20(30)15-3-7-17(27)8-4-15/h3-10,14H,2,11-13H2,1H3. The monoisotopic (exact) mass is 498 g/mol. The maximum Gasteiger partial charge on any atom is 0.267 e. The molecule has 2 heterocycles. The zero-order chi connectivity index (χ0) is 23.1. The molecular weight excluding hydrogens is 479 g/mol. The molecule has 2 aromatic carbocycles. The van der Waals surface area contributed by atoms with Gasteiger partial charge in [0.1, 0.15) is 10.6 Å². The molecule has 0 fully saturated rings. The van der Waals surface area contributed by atoms with E-state index in [1.807, 2.05) is 0 Å². The predicted molar refractivity (Wildman–Crippen MR) is 133 cm³/mol. The summed E-state index contributed by atoms with van der Waals surface area (Å²) >= 11 is 8.86. The second-order valence-corrected chi connectivity index (χ2v) is 10.7. The van der Waals surface area contributed by atoms with Gasteiger partial charge in [-0.3, -0.25) is 14.2 Å². The minimum absolute atomic E-state index is 0.0826. The third kappa shape index (κ3) is 4.37. The van der Waals surface area contributed by atoms with Crippen molar-refractivity contribution in [3.05, 3.63) is 85.7 Å². The minimum Gasteiger partial charge on any atom is -0.293 e. The molecule has 33 heavy (non-hydrogen) atoms. The molecular formula is C25H20ClFN2O2S2. The lowest BCUT2D eigenvalue weighted by atomic mass is 9.89. The summed E-state index contributed by atoms with van der Waals surface area (Å²) in [6, 6.07) is 12.5. The van der Waals surface area contributed by atoms with E-state index in [1.54, 1.807) is 40.2 Å². The average molecular weight is 499 g/mol. The number of benzene rings is 2. The number of fused-ring (bicyclic) bond motifs is 3. The summed E-state index contributed by atoms with van der Waals surface area (Å²) in [6.07, 6.45) is 2.90. The van der Waals surface area contributed by atoms with Crippen LogP contribution in [0.2, 0.25) is 5.02 Å². The van der Waals surface area contributed by atoms with Crippen molar-refractivity contribution in [1.29, 1.82) is 0 Å². The van der Waals surface area contributed by atoms with E-state index in [2.05, 4.69) is 6.92 Å². The molecule has 2 aromatic heterocycles. The largest absolute Gasteiger partial charge is 0.293 e. The van der Waals surface area contributed by atoms with Gasteiger partial charge in [-0.1, -0.05) is 30.3 Å². The van der Waals surface area contributed by atoms with Crippen LogP contribution in [0.4, 0.5) is 4.39 Å². The van der Waals surface area contributed by atoms with E-state index in [0.717, 1.165) is 29.7 Å². The Morgan fingerprint density at radius 1 is 1.21 bits per heavy atom. The average Bonchev–Trinajstić information content (AvgIpc) is 3.16. The highest BCUT2D eigenvalue weighted by molar-refractivity contribution is 7.99. The molecule has 0 aliphatic heterocycles. The van der Waals surface area contributed by atoms with Crippen LogP contribution in [0.15, 0.2) is 58.5 Å². The van der Waals surface area contributed by atoms with Gasteiger partial charge in [0.05, 0.1) is 16.8 Å². The van der Waals surface area contributed by atoms with E-state index >= 15 is 0 Å². The third-order valence-electron chi connectivity index (χ3n) is 5.88. The van der Waals surface area contributed by atoms with Crippen LogP contribution in [0.3, 0.4) is 0 Å². The van der Waals surface area contributed by atoms with Gasteiger partial charge in [0, 0.05) is 15.5 Å². The van der Waals surface area contributed by atoms with Gasteiger partial charge in [0.2, 0.25) is 0 Å². The lowest BCUT2D eigenvalue weighted by Gasteiger charge is -2.17. The summed E-state index contributed by atoms with van der Waals surface area (Å²) in [7, 11) is 0. The first kappa shape index (κ1) is 22.3. The van der Waals surface area contributed by atoms with Crippen molar-refractivity contribution in [2.75, 3.05) is 5.75 Å². The van der Waals surface area contributed by atoms with Gasteiger partial charge >= 0.3 is 0 Å². The zero-order valence-electron chi connectivity index (χ0n) is 17.8. The quantitative estimate of drug-likeness (QED) is 0.183. The molecule has 168 valence electrons. The fraction of sp³-hybridized carbons (Fsp3) is 0.240. The van der Waals surface area contributed by atoms with Gasteiger partial charge in [-0.25, -0.2) is 9.37 Å². The number of aryl methyl sites for hydroxylation is 1. The molecule has 1 atom stereocenters. The topological polar surface area (TPSA) is 52.0 Å². The molecule has 4 aromatic rings. The Balaban J connectivity index is 1.59. The van der Waals surface area contributed by atoms with Gasteiger partial charge in [0.25, 0.3) is 5.56 Å². The summed E-state index contributed by atoms with van der Waals surface area (Å²) in [5.74, 6) is 0.126. The number of carbonyl (C=O) groups excluding carboxylic acids is 1. The number of rotatable bonds is 5. The highest BCUT2D eigenvalue weighted by Gasteiger charge is 2.25. The van der Waals surface area contributed by atoms with Crippen molar-refractivity contribution in [2.45, 2.75) is 31.3 Å². The van der Waals surface area contributed by atoms with Crippen molar-refractivity contribution in [3.8, 4) is 5.69 Å². The fourth-order valence-electron chi connectivity index (χ4n) is 4.14. The van der Waals surface area contributed by atoms with Gasteiger partial charge in [-0.15, -0.1) is 11.3 Å². The van der Waals surface area contributed by atoms with Crippen molar-refractivity contribution in [2.24, 2.45) is 5.92 Å². The number of carbonyl (C=O) groups is 1. The van der Waals surface area contributed by atoms with Crippen LogP contribution >= 0.6 is 34.7 Å². The van der Waals surface area contributed by atoms with E-state index in [1.165, 1.54) is 40.9 Å². The first-order valence-electron chi connectivity index (χ1n) is 10.7. The summed E-state index contributed by atoms with van der Waals surface area (Å²) in [5, 5.41) is 1.71. The van der Waals surface area contributed by atoms with Crippen LogP contribution in [0.5, 0.6) is 0 Å². The van der Waals surface area contributed by atoms with Gasteiger partial charge in [-0.2, -0.15) is 0 Å². The molecule has 8 heteroatoms. The molecule has 0 bridgehead atoms. The first-order chi connectivity index (χ1) is 15.9.